The van der Waals surface area contributed by atoms with Gasteiger partial charge in [0, 0.05) is 50.5 Å². The van der Waals surface area contributed by atoms with Gasteiger partial charge in [-0.1, -0.05) is 6.92 Å². The molecule has 0 bridgehead atoms. The lowest BCUT2D eigenvalue weighted by Crippen LogP contribution is -2.44. The molecule has 2 saturated heterocycles. The molecule has 140 valence electrons. The SMILES string of the molecule is CCc1cc(N2CCC(N(C)CCO)CC2)nc(N2CCCCC2)n1. The summed E-state index contributed by atoms with van der Waals surface area (Å²) >= 11 is 0. The van der Waals surface area contributed by atoms with Gasteiger partial charge in [-0.05, 0) is 45.6 Å². The van der Waals surface area contributed by atoms with Crippen LogP contribution in [0.4, 0.5) is 11.8 Å². The second-order valence-corrected chi connectivity index (χ2v) is 7.34. The van der Waals surface area contributed by atoms with Crippen LogP contribution in [-0.4, -0.2) is 72.4 Å². The fourth-order valence-electron chi connectivity index (χ4n) is 3.92. The van der Waals surface area contributed by atoms with Crippen LogP contribution < -0.4 is 9.80 Å². The van der Waals surface area contributed by atoms with Crippen molar-refractivity contribution in [2.45, 2.75) is 51.5 Å². The number of aryl methyl sites for hydroxylation is 1. The fraction of sp³-hybridized carbons (Fsp3) is 0.789. The number of aliphatic hydroxyl groups excluding tert-OH is 1. The maximum atomic E-state index is 9.14. The van der Waals surface area contributed by atoms with E-state index in [2.05, 4.69) is 34.7 Å². The second-order valence-electron chi connectivity index (χ2n) is 7.34. The third-order valence-corrected chi connectivity index (χ3v) is 5.62. The van der Waals surface area contributed by atoms with Gasteiger partial charge in [-0.25, -0.2) is 4.98 Å². The molecule has 2 aliphatic rings. The largest absolute Gasteiger partial charge is 0.395 e. The van der Waals surface area contributed by atoms with Crippen LogP contribution in [0.5, 0.6) is 0 Å². The first-order chi connectivity index (χ1) is 12.2. The standard InChI is InChI=1S/C19H33N5O/c1-3-16-15-18(21-19(20-16)24-9-5-4-6-10-24)23-11-7-17(8-12-23)22(2)13-14-25/h15,17,25H,3-14H2,1-2H3. The summed E-state index contributed by atoms with van der Waals surface area (Å²) in [5.74, 6) is 2.02. The molecular weight excluding hydrogens is 314 g/mol. The van der Waals surface area contributed by atoms with E-state index in [1.54, 1.807) is 0 Å². The molecule has 0 amide bonds. The van der Waals surface area contributed by atoms with Gasteiger partial charge in [0.25, 0.3) is 0 Å². The summed E-state index contributed by atoms with van der Waals surface area (Å²) in [7, 11) is 2.12. The van der Waals surface area contributed by atoms with E-state index in [0.717, 1.165) is 69.4 Å². The van der Waals surface area contributed by atoms with E-state index in [-0.39, 0.29) is 6.61 Å². The molecule has 0 aliphatic carbocycles. The molecule has 3 rings (SSSR count). The summed E-state index contributed by atoms with van der Waals surface area (Å²) in [6.45, 7) is 7.39. The predicted octanol–water partition coefficient (Wildman–Crippen LogP) is 1.92. The number of nitrogens with zero attached hydrogens (tertiary/aromatic N) is 5. The zero-order valence-corrected chi connectivity index (χ0v) is 15.8. The Labute approximate surface area is 151 Å². The highest BCUT2D eigenvalue weighted by Gasteiger charge is 2.24. The van der Waals surface area contributed by atoms with E-state index < -0.39 is 0 Å². The van der Waals surface area contributed by atoms with Gasteiger partial charge in [0.1, 0.15) is 5.82 Å². The van der Waals surface area contributed by atoms with E-state index in [0.29, 0.717) is 6.04 Å². The number of aliphatic hydroxyl groups is 1. The molecule has 0 saturated carbocycles. The highest BCUT2D eigenvalue weighted by atomic mass is 16.3. The van der Waals surface area contributed by atoms with E-state index in [1.165, 1.54) is 19.3 Å². The Morgan fingerprint density at radius 3 is 2.44 bits per heavy atom. The molecule has 0 unspecified atom stereocenters. The first kappa shape index (κ1) is 18.4. The van der Waals surface area contributed by atoms with E-state index in [9.17, 15) is 0 Å². The van der Waals surface area contributed by atoms with Gasteiger partial charge in [-0.15, -0.1) is 0 Å². The van der Waals surface area contributed by atoms with Crippen molar-refractivity contribution in [2.24, 2.45) is 0 Å². The highest BCUT2D eigenvalue weighted by molar-refractivity contribution is 5.46. The Morgan fingerprint density at radius 2 is 1.80 bits per heavy atom. The Kier molecular flexibility index (Phi) is 6.48. The van der Waals surface area contributed by atoms with Crippen molar-refractivity contribution in [3.05, 3.63) is 11.8 Å². The molecule has 25 heavy (non-hydrogen) atoms. The van der Waals surface area contributed by atoms with Gasteiger partial charge in [-0.2, -0.15) is 4.98 Å². The summed E-state index contributed by atoms with van der Waals surface area (Å²) in [6.07, 6.45) is 7.02. The van der Waals surface area contributed by atoms with Gasteiger partial charge < -0.3 is 19.8 Å². The summed E-state index contributed by atoms with van der Waals surface area (Å²) in [5, 5.41) is 9.14. The van der Waals surface area contributed by atoms with Crippen LogP contribution in [0.2, 0.25) is 0 Å². The van der Waals surface area contributed by atoms with Gasteiger partial charge in [0.05, 0.1) is 6.61 Å². The van der Waals surface area contributed by atoms with Gasteiger partial charge in [0.2, 0.25) is 5.95 Å². The maximum Gasteiger partial charge on any atom is 0.227 e. The zero-order valence-electron chi connectivity index (χ0n) is 15.8. The molecule has 1 aromatic heterocycles. The molecule has 1 aromatic rings. The first-order valence-corrected chi connectivity index (χ1v) is 9.90. The van der Waals surface area contributed by atoms with Crippen LogP contribution in [0.3, 0.4) is 0 Å². The third kappa shape index (κ3) is 4.61. The van der Waals surface area contributed by atoms with E-state index in [1.807, 2.05) is 0 Å². The molecule has 0 spiro atoms. The van der Waals surface area contributed by atoms with Crippen LogP contribution in [0.25, 0.3) is 0 Å². The molecule has 2 aliphatic heterocycles. The lowest BCUT2D eigenvalue weighted by Gasteiger charge is -2.37. The number of likely N-dealkylation sites (N-methyl/N-ethyl adjacent to an activating group) is 1. The predicted molar refractivity (Wildman–Crippen MR) is 102 cm³/mol. The third-order valence-electron chi connectivity index (χ3n) is 5.62. The Bertz CT molecular complexity index is 539. The van der Waals surface area contributed by atoms with Crippen LogP contribution in [0.1, 0.15) is 44.7 Å². The summed E-state index contributed by atoms with van der Waals surface area (Å²) in [6, 6.07) is 2.74. The van der Waals surface area contributed by atoms with Gasteiger partial charge >= 0.3 is 0 Å². The van der Waals surface area contributed by atoms with Crippen molar-refractivity contribution in [1.29, 1.82) is 0 Å². The topological polar surface area (TPSA) is 55.7 Å². The molecule has 0 radical (unpaired) electrons. The van der Waals surface area contributed by atoms with Crippen molar-refractivity contribution in [3.63, 3.8) is 0 Å². The molecule has 3 heterocycles. The van der Waals surface area contributed by atoms with Crippen LogP contribution in [0, 0.1) is 0 Å². The number of hydrogen-bond acceptors (Lipinski definition) is 6. The minimum atomic E-state index is 0.238. The summed E-state index contributed by atoms with van der Waals surface area (Å²) in [4.78, 5) is 16.8. The van der Waals surface area contributed by atoms with Gasteiger partial charge in [-0.3, -0.25) is 0 Å². The minimum absolute atomic E-state index is 0.238. The number of rotatable bonds is 6. The van der Waals surface area contributed by atoms with Crippen molar-refractivity contribution in [3.8, 4) is 0 Å². The summed E-state index contributed by atoms with van der Waals surface area (Å²) < 4.78 is 0. The van der Waals surface area contributed by atoms with Crippen LogP contribution in [0.15, 0.2) is 6.07 Å². The average molecular weight is 348 g/mol. The molecule has 6 heteroatoms. The fourth-order valence-corrected chi connectivity index (χ4v) is 3.92. The van der Waals surface area contributed by atoms with Crippen LogP contribution in [-0.2, 0) is 6.42 Å². The number of aromatic nitrogens is 2. The molecule has 0 atom stereocenters. The molecule has 2 fully saturated rings. The lowest BCUT2D eigenvalue weighted by atomic mass is 10.0. The number of piperidine rings is 2. The molecule has 0 aromatic carbocycles. The first-order valence-electron chi connectivity index (χ1n) is 9.90. The normalized spacial score (nSPS) is 19.7. The maximum absolute atomic E-state index is 9.14. The van der Waals surface area contributed by atoms with E-state index >= 15 is 0 Å². The molecule has 1 N–H and O–H groups in total. The van der Waals surface area contributed by atoms with Crippen molar-refractivity contribution in [2.75, 3.05) is 56.2 Å². The molecular formula is C19H33N5O. The average Bonchev–Trinajstić information content (AvgIpc) is 2.68. The van der Waals surface area contributed by atoms with Gasteiger partial charge in [0.15, 0.2) is 0 Å². The van der Waals surface area contributed by atoms with Crippen molar-refractivity contribution >= 4 is 11.8 Å². The number of anilines is 2. The summed E-state index contributed by atoms with van der Waals surface area (Å²) in [5.41, 5.74) is 1.14. The smallest absolute Gasteiger partial charge is 0.227 e. The Hall–Kier alpha value is -1.40. The number of hydrogen-bond donors (Lipinski definition) is 1. The minimum Gasteiger partial charge on any atom is -0.395 e. The quantitative estimate of drug-likeness (QED) is 0.848. The molecule has 6 nitrogen and oxygen atoms in total. The van der Waals surface area contributed by atoms with E-state index in [4.69, 9.17) is 15.1 Å². The zero-order chi connectivity index (χ0) is 17.6. The van der Waals surface area contributed by atoms with Crippen molar-refractivity contribution < 1.29 is 5.11 Å². The Morgan fingerprint density at radius 1 is 1.08 bits per heavy atom. The second kappa shape index (κ2) is 8.81. The van der Waals surface area contributed by atoms with Crippen molar-refractivity contribution in [1.82, 2.24) is 14.9 Å². The van der Waals surface area contributed by atoms with Crippen LogP contribution >= 0.6 is 0 Å². The highest BCUT2D eigenvalue weighted by Crippen LogP contribution is 2.24. The lowest BCUT2D eigenvalue weighted by molar-refractivity contribution is 0.161. The monoisotopic (exact) mass is 347 g/mol. The Balaban J connectivity index is 1.69.